The highest BCUT2D eigenvalue weighted by molar-refractivity contribution is 7.09. The number of hydrogen-bond acceptors (Lipinski definition) is 2. The average Bonchev–Trinajstić information content (AvgIpc) is 2.70. The zero-order valence-corrected chi connectivity index (χ0v) is 11.3. The molecular formula is C12H18ClNOS. The Hall–Kier alpha value is -0.540. The lowest BCUT2D eigenvalue weighted by molar-refractivity contribution is -0.122. The Morgan fingerprint density at radius 2 is 2.31 bits per heavy atom. The number of hydrogen-bond donors (Lipinski definition) is 1. The fourth-order valence-electron chi connectivity index (χ4n) is 1.35. The molecule has 1 aromatic heterocycles. The molecule has 1 aromatic rings. The van der Waals surface area contributed by atoms with Crippen molar-refractivity contribution in [2.45, 2.75) is 38.6 Å². The molecule has 0 aliphatic rings. The molecule has 2 nitrogen and oxygen atoms in total. The minimum atomic E-state index is -0.304. The number of carbonyl (C=O) groups excluding carboxylic acids is 1. The molecule has 0 bridgehead atoms. The van der Waals surface area contributed by atoms with E-state index in [1.165, 1.54) is 4.88 Å². The molecule has 1 rings (SSSR count). The molecule has 0 atom stereocenters. The van der Waals surface area contributed by atoms with Gasteiger partial charge in [0, 0.05) is 22.7 Å². The van der Waals surface area contributed by atoms with Crippen LogP contribution in [0, 0.1) is 0 Å². The molecule has 0 radical (unpaired) electrons. The van der Waals surface area contributed by atoms with Crippen LogP contribution >= 0.6 is 22.9 Å². The van der Waals surface area contributed by atoms with Gasteiger partial charge in [0.15, 0.2) is 0 Å². The van der Waals surface area contributed by atoms with Gasteiger partial charge in [-0.1, -0.05) is 6.07 Å². The van der Waals surface area contributed by atoms with Crippen molar-refractivity contribution >= 4 is 28.8 Å². The molecule has 0 fully saturated rings. The van der Waals surface area contributed by atoms with E-state index in [0.29, 0.717) is 12.3 Å². The highest BCUT2D eigenvalue weighted by atomic mass is 35.5. The number of nitrogens with one attached hydrogen (secondary N) is 1. The number of amides is 1. The highest BCUT2D eigenvalue weighted by Gasteiger charge is 2.18. The largest absolute Gasteiger partial charge is 0.350 e. The van der Waals surface area contributed by atoms with Crippen LogP contribution < -0.4 is 5.32 Å². The molecule has 4 heteroatoms. The minimum Gasteiger partial charge on any atom is -0.350 e. The molecule has 1 N–H and O–H groups in total. The zero-order chi connectivity index (χ0) is 12.0. The SMILES string of the molecule is CC(C)(CCl)NC(=O)CCCc1cccs1. The molecule has 1 heterocycles. The van der Waals surface area contributed by atoms with E-state index in [4.69, 9.17) is 11.6 Å². The lowest BCUT2D eigenvalue weighted by Crippen LogP contribution is -2.44. The van der Waals surface area contributed by atoms with Crippen LogP contribution in [0.1, 0.15) is 31.6 Å². The fraction of sp³-hybridized carbons (Fsp3) is 0.583. The lowest BCUT2D eigenvalue weighted by Gasteiger charge is -2.23. The number of aryl methyl sites for hydroxylation is 1. The summed E-state index contributed by atoms with van der Waals surface area (Å²) in [6, 6.07) is 4.14. The summed E-state index contributed by atoms with van der Waals surface area (Å²) < 4.78 is 0. The third-order valence-corrected chi connectivity index (χ3v) is 3.82. The third-order valence-electron chi connectivity index (χ3n) is 2.22. The van der Waals surface area contributed by atoms with E-state index in [1.54, 1.807) is 11.3 Å². The van der Waals surface area contributed by atoms with Crippen LogP contribution in [0.5, 0.6) is 0 Å². The van der Waals surface area contributed by atoms with Gasteiger partial charge in [-0.2, -0.15) is 0 Å². The van der Waals surface area contributed by atoms with Crippen LogP contribution in [0.2, 0.25) is 0 Å². The van der Waals surface area contributed by atoms with E-state index >= 15 is 0 Å². The normalized spacial score (nSPS) is 11.4. The van der Waals surface area contributed by atoms with Crippen LogP contribution in [-0.4, -0.2) is 17.3 Å². The van der Waals surface area contributed by atoms with E-state index in [9.17, 15) is 4.79 Å². The smallest absolute Gasteiger partial charge is 0.220 e. The lowest BCUT2D eigenvalue weighted by atomic mass is 10.1. The van der Waals surface area contributed by atoms with Gasteiger partial charge < -0.3 is 5.32 Å². The molecule has 0 spiro atoms. The standard InChI is InChI=1S/C12H18ClNOS/c1-12(2,9-13)14-11(15)7-3-5-10-6-4-8-16-10/h4,6,8H,3,5,7,9H2,1-2H3,(H,14,15). The Bertz CT molecular complexity index is 322. The van der Waals surface area contributed by atoms with Gasteiger partial charge in [0.05, 0.1) is 0 Å². The van der Waals surface area contributed by atoms with Gasteiger partial charge in [-0.15, -0.1) is 22.9 Å². The van der Waals surface area contributed by atoms with Crippen molar-refractivity contribution in [3.8, 4) is 0 Å². The molecule has 0 saturated carbocycles. The van der Waals surface area contributed by atoms with Crippen molar-refractivity contribution in [2.24, 2.45) is 0 Å². The minimum absolute atomic E-state index is 0.0854. The van der Waals surface area contributed by atoms with E-state index in [-0.39, 0.29) is 11.4 Å². The molecule has 1 amide bonds. The summed E-state index contributed by atoms with van der Waals surface area (Å²) in [5, 5.41) is 4.98. The van der Waals surface area contributed by atoms with Crippen molar-refractivity contribution < 1.29 is 4.79 Å². The fourth-order valence-corrected chi connectivity index (χ4v) is 2.17. The molecule has 0 aromatic carbocycles. The van der Waals surface area contributed by atoms with Crippen LogP contribution in [-0.2, 0) is 11.2 Å². The van der Waals surface area contributed by atoms with E-state index in [1.807, 2.05) is 19.9 Å². The predicted octanol–water partition coefficient (Wildman–Crippen LogP) is 3.20. The summed E-state index contributed by atoms with van der Waals surface area (Å²) in [6.07, 6.45) is 2.44. The second kappa shape index (κ2) is 6.26. The van der Waals surface area contributed by atoms with Crippen LogP contribution in [0.3, 0.4) is 0 Å². The number of carbonyl (C=O) groups is 1. The predicted molar refractivity (Wildman–Crippen MR) is 70.2 cm³/mol. The Labute approximate surface area is 106 Å². The Morgan fingerprint density at radius 1 is 1.56 bits per heavy atom. The summed E-state index contributed by atoms with van der Waals surface area (Å²) in [5.41, 5.74) is -0.304. The Kier molecular flexibility index (Phi) is 5.29. The van der Waals surface area contributed by atoms with Gasteiger partial charge in [-0.25, -0.2) is 0 Å². The monoisotopic (exact) mass is 259 g/mol. The summed E-state index contributed by atoms with van der Waals surface area (Å²) in [6.45, 7) is 3.86. The van der Waals surface area contributed by atoms with Crippen LogP contribution in [0.15, 0.2) is 17.5 Å². The Morgan fingerprint density at radius 3 is 2.88 bits per heavy atom. The quantitative estimate of drug-likeness (QED) is 0.781. The van der Waals surface area contributed by atoms with Gasteiger partial charge >= 0.3 is 0 Å². The first kappa shape index (κ1) is 13.5. The van der Waals surface area contributed by atoms with Crippen molar-refractivity contribution in [3.05, 3.63) is 22.4 Å². The Balaban J connectivity index is 2.20. The van der Waals surface area contributed by atoms with Crippen molar-refractivity contribution in [1.82, 2.24) is 5.32 Å². The van der Waals surface area contributed by atoms with Gasteiger partial charge in [-0.05, 0) is 38.1 Å². The van der Waals surface area contributed by atoms with Gasteiger partial charge in [0.1, 0.15) is 0 Å². The molecule has 90 valence electrons. The van der Waals surface area contributed by atoms with Crippen molar-refractivity contribution in [1.29, 1.82) is 0 Å². The zero-order valence-electron chi connectivity index (χ0n) is 9.75. The number of thiophene rings is 1. The van der Waals surface area contributed by atoms with Crippen LogP contribution in [0.25, 0.3) is 0 Å². The maximum Gasteiger partial charge on any atom is 0.220 e. The molecule has 16 heavy (non-hydrogen) atoms. The maximum atomic E-state index is 11.6. The first-order valence-electron chi connectivity index (χ1n) is 5.43. The summed E-state index contributed by atoms with van der Waals surface area (Å²) in [4.78, 5) is 12.9. The van der Waals surface area contributed by atoms with Gasteiger partial charge in [0.25, 0.3) is 0 Å². The third kappa shape index (κ3) is 4.99. The van der Waals surface area contributed by atoms with E-state index in [0.717, 1.165) is 12.8 Å². The summed E-state index contributed by atoms with van der Waals surface area (Å²) in [7, 11) is 0. The highest BCUT2D eigenvalue weighted by Crippen LogP contribution is 2.12. The molecule has 0 aliphatic heterocycles. The molecular weight excluding hydrogens is 242 g/mol. The second-order valence-corrected chi connectivity index (χ2v) is 5.80. The maximum absolute atomic E-state index is 11.6. The first-order chi connectivity index (χ1) is 7.53. The number of alkyl halides is 1. The van der Waals surface area contributed by atoms with E-state index < -0.39 is 0 Å². The topological polar surface area (TPSA) is 29.1 Å². The first-order valence-corrected chi connectivity index (χ1v) is 6.84. The van der Waals surface area contributed by atoms with Crippen molar-refractivity contribution in [3.63, 3.8) is 0 Å². The van der Waals surface area contributed by atoms with Crippen LogP contribution in [0.4, 0.5) is 0 Å². The van der Waals surface area contributed by atoms with Gasteiger partial charge in [-0.3, -0.25) is 4.79 Å². The van der Waals surface area contributed by atoms with Gasteiger partial charge in [0.2, 0.25) is 5.91 Å². The molecule has 0 saturated heterocycles. The van der Waals surface area contributed by atoms with E-state index in [2.05, 4.69) is 16.8 Å². The number of halogens is 1. The summed E-state index contributed by atoms with van der Waals surface area (Å²) in [5.74, 6) is 0.520. The molecule has 0 aliphatic carbocycles. The summed E-state index contributed by atoms with van der Waals surface area (Å²) >= 11 is 7.48. The molecule has 0 unspecified atom stereocenters. The average molecular weight is 260 g/mol. The van der Waals surface area contributed by atoms with Crippen molar-refractivity contribution in [2.75, 3.05) is 5.88 Å². The number of rotatable bonds is 6. The second-order valence-electron chi connectivity index (χ2n) is 4.50.